The van der Waals surface area contributed by atoms with E-state index in [2.05, 4.69) is 50.2 Å². The van der Waals surface area contributed by atoms with Crippen LogP contribution in [0.2, 0.25) is 0 Å². The molecule has 0 fully saturated rings. The molecule has 0 heteroatoms. The second kappa shape index (κ2) is 14.1. The van der Waals surface area contributed by atoms with Crippen molar-refractivity contribution < 1.29 is 0 Å². The molecule has 3 rings (SSSR count). The van der Waals surface area contributed by atoms with Crippen LogP contribution >= 0.6 is 0 Å². The van der Waals surface area contributed by atoms with Gasteiger partial charge in [-0.2, -0.15) is 0 Å². The van der Waals surface area contributed by atoms with Crippen LogP contribution in [0.5, 0.6) is 0 Å². The van der Waals surface area contributed by atoms with E-state index in [1.807, 2.05) is 55.4 Å². The molecule has 0 amide bonds. The third-order valence-corrected chi connectivity index (χ3v) is 3.19. The van der Waals surface area contributed by atoms with Gasteiger partial charge >= 0.3 is 0 Å². The molecule has 0 heterocycles. The van der Waals surface area contributed by atoms with Gasteiger partial charge in [-0.15, -0.1) is 0 Å². The summed E-state index contributed by atoms with van der Waals surface area (Å²) in [6, 6.07) is 13.5. The molecule has 0 radical (unpaired) electrons. The van der Waals surface area contributed by atoms with Crippen LogP contribution in [0.1, 0.15) is 77.6 Å². The summed E-state index contributed by atoms with van der Waals surface area (Å²) in [4.78, 5) is 0. The number of hydrogen-bond acceptors (Lipinski definition) is 0. The van der Waals surface area contributed by atoms with E-state index in [0.29, 0.717) is 0 Å². The minimum absolute atomic E-state index is 1.11. The lowest BCUT2D eigenvalue weighted by Gasteiger charge is -2.01. The molecular formula is C23H38. The van der Waals surface area contributed by atoms with E-state index in [-0.39, 0.29) is 0 Å². The van der Waals surface area contributed by atoms with Gasteiger partial charge in [-0.25, -0.2) is 0 Å². The van der Waals surface area contributed by atoms with Gasteiger partial charge in [-0.3, -0.25) is 0 Å². The topological polar surface area (TPSA) is 0 Å². The lowest BCUT2D eigenvalue weighted by atomic mass is 10.0. The van der Waals surface area contributed by atoms with Crippen molar-refractivity contribution in [2.45, 2.75) is 75.7 Å². The van der Waals surface area contributed by atoms with Crippen LogP contribution in [0.3, 0.4) is 0 Å². The highest BCUT2D eigenvalue weighted by Gasteiger charge is 2.17. The molecule has 0 bridgehead atoms. The molecule has 0 saturated carbocycles. The van der Waals surface area contributed by atoms with E-state index in [1.54, 1.807) is 0 Å². The van der Waals surface area contributed by atoms with E-state index in [9.17, 15) is 0 Å². The molecule has 1 aliphatic rings. The number of fused-ring (bicyclic) bond motifs is 3. The first-order valence-corrected chi connectivity index (χ1v) is 9.43. The van der Waals surface area contributed by atoms with Gasteiger partial charge in [0.25, 0.3) is 0 Å². The first-order chi connectivity index (χ1) is 11.2. The quantitative estimate of drug-likeness (QED) is 0.394. The van der Waals surface area contributed by atoms with Crippen LogP contribution in [-0.2, 0) is 6.42 Å². The molecule has 0 atom stereocenters. The zero-order chi connectivity index (χ0) is 18.4. The van der Waals surface area contributed by atoms with Gasteiger partial charge in [0.1, 0.15) is 0 Å². The second-order valence-electron chi connectivity index (χ2n) is 4.50. The highest BCUT2D eigenvalue weighted by Crippen LogP contribution is 2.37. The molecular weight excluding hydrogens is 276 g/mol. The van der Waals surface area contributed by atoms with Gasteiger partial charge in [-0.05, 0) is 42.5 Å². The first kappa shape index (κ1) is 23.7. The summed E-state index contributed by atoms with van der Waals surface area (Å²) >= 11 is 0. The molecule has 0 N–H and O–H groups in total. The fourth-order valence-electron chi connectivity index (χ4n) is 2.47. The van der Waals surface area contributed by atoms with Crippen molar-refractivity contribution in [1.29, 1.82) is 0 Å². The van der Waals surface area contributed by atoms with E-state index < -0.39 is 0 Å². The summed E-state index contributed by atoms with van der Waals surface area (Å²) in [5.41, 5.74) is 8.54. The average molecular weight is 315 g/mol. The molecule has 0 saturated heterocycles. The largest absolute Gasteiger partial charge is 0.0683 e. The molecule has 0 aliphatic heterocycles. The Morgan fingerprint density at radius 1 is 0.522 bits per heavy atom. The molecule has 2 aromatic rings. The Morgan fingerprint density at radius 2 is 0.826 bits per heavy atom. The highest BCUT2D eigenvalue weighted by atomic mass is 14.2. The molecule has 2 aromatic carbocycles. The van der Waals surface area contributed by atoms with Gasteiger partial charge in [0.2, 0.25) is 0 Å². The lowest BCUT2D eigenvalue weighted by molar-refractivity contribution is 1.24. The smallest absolute Gasteiger partial charge is 0.00133 e. The van der Waals surface area contributed by atoms with Crippen molar-refractivity contribution in [3.05, 3.63) is 58.7 Å². The Morgan fingerprint density at radius 3 is 1.13 bits per heavy atom. The number of aryl methyl sites for hydroxylation is 2. The first-order valence-electron chi connectivity index (χ1n) is 9.43. The molecule has 0 aromatic heterocycles. The predicted octanol–water partition coefficient (Wildman–Crippen LogP) is 7.98. The summed E-state index contributed by atoms with van der Waals surface area (Å²) in [5, 5.41) is 0. The monoisotopic (exact) mass is 314 g/mol. The third kappa shape index (κ3) is 6.60. The summed E-state index contributed by atoms with van der Waals surface area (Å²) in [5.74, 6) is 0. The van der Waals surface area contributed by atoms with Gasteiger partial charge in [0.05, 0.1) is 0 Å². The SMILES string of the molecule is CC.CC.CC.CC.Cc1ccc2c(c1)Cc1cc(C)ccc1-2. The fourth-order valence-corrected chi connectivity index (χ4v) is 2.47. The van der Waals surface area contributed by atoms with E-state index in [1.165, 1.54) is 33.4 Å². The Hall–Kier alpha value is -1.56. The minimum Gasteiger partial charge on any atom is -0.0683 e. The van der Waals surface area contributed by atoms with Crippen molar-refractivity contribution >= 4 is 0 Å². The van der Waals surface area contributed by atoms with Gasteiger partial charge in [-0.1, -0.05) is 103 Å². The summed E-state index contributed by atoms with van der Waals surface area (Å²) in [6.07, 6.45) is 1.11. The van der Waals surface area contributed by atoms with Gasteiger partial charge < -0.3 is 0 Å². The summed E-state index contributed by atoms with van der Waals surface area (Å²) in [7, 11) is 0. The maximum absolute atomic E-state index is 2.31. The van der Waals surface area contributed by atoms with Gasteiger partial charge in [0.15, 0.2) is 0 Å². The van der Waals surface area contributed by atoms with Crippen molar-refractivity contribution in [2.24, 2.45) is 0 Å². The maximum atomic E-state index is 2.31. The molecule has 0 nitrogen and oxygen atoms in total. The molecule has 0 unspecified atom stereocenters. The molecule has 0 spiro atoms. The van der Waals surface area contributed by atoms with Crippen LogP contribution in [0.4, 0.5) is 0 Å². The molecule has 23 heavy (non-hydrogen) atoms. The molecule has 1 aliphatic carbocycles. The van der Waals surface area contributed by atoms with Crippen LogP contribution in [-0.4, -0.2) is 0 Å². The molecule has 130 valence electrons. The maximum Gasteiger partial charge on any atom is -0.00133 e. The zero-order valence-corrected chi connectivity index (χ0v) is 17.2. The highest BCUT2D eigenvalue weighted by molar-refractivity contribution is 5.77. The Labute approximate surface area is 146 Å². The predicted molar refractivity (Wildman–Crippen MR) is 110 cm³/mol. The van der Waals surface area contributed by atoms with E-state index in [4.69, 9.17) is 0 Å². The Bertz CT molecular complexity index is 486. The van der Waals surface area contributed by atoms with Crippen LogP contribution in [0.25, 0.3) is 11.1 Å². The summed E-state index contributed by atoms with van der Waals surface area (Å²) in [6.45, 7) is 20.3. The van der Waals surface area contributed by atoms with Crippen molar-refractivity contribution in [3.8, 4) is 11.1 Å². The Balaban J connectivity index is 0. The summed E-state index contributed by atoms with van der Waals surface area (Å²) < 4.78 is 0. The van der Waals surface area contributed by atoms with Crippen molar-refractivity contribution in [2.75, 3.05) is 0 Å². The normalized spacial score (nSPS) is 9.13. The zero-order valence-electron chi connectivity index (χ0n) is 17.2. The number of benzene rings is 2. The number of hydrogen-bond donors (Lipinski definition) is 0. The van der Waals surface area contributed by atoms with Crippen molar-refractivity contribution in [1.82, 2.24) is 0 Å². The third-order valence-electron chi connectivity index (χ3n) is 3.19. The number of rotatable bonds is 0. The van der Waals surface area contributed by atoms with E-state index >= 15 is 0 Å². The van der Waals surface area contributed by atoms with Crippen LogP contribution in [0, 0.1) is 13.8 Å². The minimum atomic E-state index is 1.11. The fraction of sp³-hybridized carbons (Fsp3) is 0.478. The van der Waals surface area contributed by atoms with Crippen molar-refractivity contribution in [3.63, 3.8) is 0 Å². The standard InChI is InChI=1S/C15H14.4C2H6/c1-10-3-5-14-12(7-10)9-13-8-11(2)4-6-15(13)14;4*1-2/h3-8H,9H2,1-2H3;4*1-2H3. The lowest BCUT2D eigenvalue weighted by Crippen LogP contribution is -1.81. The average Bonchev–Trinajstić information content (AvgIpc) is 2.98. The Kier molecular flexibility index (Phi) is 14.5. The van der Waals surface area contributed by atoms with Crippen LogP contribution in [0.15, 0.2) is 36.4 Å². The van der Waals surface area contributed by atoms with Crippen LogP contribution < -0.4 is 0 Å². The second-order valence-corrected chi connectivity index (χ2v) is 4.50. The van der Waals surface area contributed by atoms with Gasteiger partial charge in [0, 0.05) is 0 Å². The van der Waals surface area contributed by atoms with E-state index in [0.717, 1.165) is 6.42 Å².